The van der Waals surface area contributed by atoms with Gasteiger partial charge >= 0.3 is 1.43 Å². The standard InChI is InChI=1S/C10H16N.2FH/c1-11(2,3)9-10-7-5-4-6-8-10;;/h4-8H,9H2,1-3H3;2*1H/q+1;;/p-1. The summed E-state index contributed by atoms with van der Waals surface area (Å²) in [7, 11) is 6.60. The summed E-state index contributed by atoms with van der Waals surface area (Å²) >= 11 is 0. The summed E-state index contributed by atoms with van der Waals surface area (Å²) in [5, 5.41) is 0. The molecule has 13 heavy (non-hydrogen) atoms. The molecule has 0 radical (unpaired) electrons. The first-order valence-electron chi connectivity index (χ1n) is 3.92. The van der Waals surface area contributed by atoms with Gasteiger partial charge in [-0.05, 0) is 0 Å². The lowest BCUT2D eigenvalue weighted by Gasteiger charge is -2.23. The zero-order valence-electron chi connectivity index (χ0n) is 9.30. The number of nitrogens with zero attached hydrogens (tertiary/aromatic N) is 1. The van der Waals surface area contributed by atoms with E-state index in [1.54, 1.807) is 0 Å². The minimum Gasteiger partial charge on any atom is -1.00 e. The van der Waals surface area contributed by atoms with Crippen molar-refractivity contribution in [2.24, 2.45) is 0 Å². The monoisotopic (exact) mass is 189 g/mol. The van der Waals surface area contributed by atoms with E-state index < -0.39 is 0 Å². The molecule has 0 unspecified atom stereocenters. The van der Waals surface area contributed by atoms with Crippen LogP contribution in [0, 0.1) is 0 Å². The Labute approximate surface area is 79.8 Å². The molecule has 0 N–H and O–H groups in total. The second-order valence-corrected chi connectivity index (χ2v) is 3.93. The highest BCUT2D eigenvalue weighted by molar-refractivity contribution is 5.13. The van der Waals surface area contributed by atoms with Gasteiger partial charge in [0, 0.05) is 5.56 Å². The third-order valence-corrected chi connectivity index (χ3v) is 1.50. The van der Waals surface area contributed by atoms with Crippen LogP contribution in [0.15, 0.2) is 30.3 Å². The lowest BCUT2D eigenvalue weighted by atomic mass is 10.2. The Kier molecular flexibility index (Phi) is 6.32. The Hall–Kier alpha value is -0.960. The molecular formula is C10H17F2N. The van der Waals surface area contributed by atoms with Gasteiger partial charge in [-0.15, -0.1) is 0 Å². The van der Waals surface area contributed by atoms with Crippen LogP contribution in [0.1, 0.15) is 6.99 Å². The summed E-state index contributed by atoms with van der Waals surface area (Å²) in [6, 6.07) is 10.6. The third kappa shape index (κ3) is 6.22. The summed E-state index contributed by atoms with van der Waals surface area (Å²) in [6.45, 7) is 1.10. The van der Waals surface area contributed by atoms with Gasteiger partial charge in [0.2, 0.25) is 0 Å². The molecule has 0 aliphatic carbocycles. The fourth-order valence-corrected chi connectivity index (χ4v) is 1.13. The van der Waals surface area contributed by atoms with Crippen LogP contribution >= 0.6 is 0 Å². The van der Waals surface area contributed by atoms with Crippen LogP contribution in [0.25, 0.3) is 0 Å². The first-order valence-corrected chi connectivity index (χ1v) is 3.92. The Morgan fingerprint density at radius 3 is 1.85 bits per heavy atom. The molecule has 0 fully saturated rings. The lowest BCUT2D eigenvalue weighted by Crippen LogP contribution is -3.00. The molecule has 76 valence electrons. The number of hydrogen-bond acceptors (Lipinski definition) is 0. The Morgan fingerprint density at radius 2 is 1.46 bits per heavy atom. The molecule has 0 aliphatic rings. The van der Waals surface area contributed by atoms with Crippen molar-refractivity contribution in [2.45, 2.75) is 6.54 Å². The van der Waals surface area contributed by atoms with E-state index in [0.29, 0.717) is 0 Å². The number of halogens is 2. The van der Waals surface area contributed by atoms with E-state index in [1.165, 1.54) is 5.56 Å². The molecule has 0 bridgehead atoms. The highest BCUT2D eigenvalue weighted by Gasteiger charge is 2.06. The summed E-state index contributed by atoms with van der Waals surface area (Å²) in [6.07, 6.45) is 0. The van der Waals surface area contributed by atoms with E-state index in [2.05, 4.69) is 51.5 Å². The van der Waals surface area contributed by atoms with E-state index in [9.17, 15) is 0 Å². The van der Waals surface area contributed by atoms with Crippen LogP contribution in [0.3, 0.4) is 0 Å². The zero-order chi connectivity index (χ0) is 8.32. The van der Waals surface area contributed by atoms with Crippen molar-refractivity contribution in [2.75, 3.05) is 21.1 Å². The summed E-state index contributed by atoms with van der Waals surface area (Å²) in [4.78, 5) is 0. The van der Waals surface area contributed by atoms with Gasteiger partial charge in [0.05, 0.1) is 21.1 Å². The van der Waals surface area contributed by atoms with Crippen molar-refractivity contribution in [1.29, 1.82) is 0 Å². The maximum Gasteiger partial charge on any atom is 1.00 e. The van der Waals surface area contributed by atoms with Gasteiger partial charge in [0.25, 0.3) is 0 Å². The van der Waals surface area contributed by atoms with Crippen molar-refractivity contribution < 1.29 is 15.3 Å². The molecule has 0 saturated carbocycles. The maximum absolute atomic E-state index is 2.20. The minimum atomic E-state index is 0. The second kappa shape index (κ2) is 5.65. The van der Waals surface area contributed by atoms with Gasteiger partial charge in [0.15, 0.2) is 0 Å². The molecule has 1 aromatic rings. The maximum atomic E-state index is 2.20. The average molecular weight is 189 g/mol. The highest BCUT2D eigenvalue weighted by atomic mass is 19.0. The van der Waals surface area contributed by atoms with Crippen LogP contribution in [0.2, 0.25) is 0 Å². The zero-order valence-corrected chi connectivity index (χ0v) is 8.30. The second-order valence-electron chi connectivity index (χ2n) is 3.93. The first-order chi connectivity index (χ1) is 5.08. The molecule has 0 saturated heterocycles. The molecule has 1 rings (SSSR count). The highest BCUT2D eigenvalue weighted by Crippen LogP contribution is 2.04. The van der Waals surface area contributed by atoms with Crippen molar-refractivity contribution in [3.63, 3.8) is 0 Å². The Balaban J connectivity index is -0.000000403. The smallest absolute Gasteiger partial charge is 1.00 e. The van der Waals surface area contributed by atoms with E-state index in [1.807, 2.05) is 0 Å². The predicted molar refractivity (Wildman–Crippen MR) is 49.3 cm³/mol. The third-order valence-electron chi connectivity index (χ3n) is 1.50. The largest absolute Gasteiger partial charge is 1.00 e. The van der Waals surface area contributed by atoms with Gasteiger partial charge < -0.3 is 13.9 Å². The van der Waals surface area contributed by atoms with Gasteiger partial charge in [0.1, 0.15) is 6.54 Å². The normalized spacial score (nSPS) is 9.77. The number of rotatable bonds is 2. The van der Waals surface area contributed by atoms with Gasteiger partial charge in [-0.3, -0.25) is 0 Å². The quantitative estimate of drug-likeness (QED) is 0.416. The number of hydrogen-bond donors (Lipinski definition) is 0. The van der Waals surface area contributed by atoms with Crippen molar-refractivity contribution in [3.05, 3.63) is 35.9 Å². The number of quaternary nitrogens is 1. The molecule has 0 spiro atoms. The minimum absolute atomic E-state index is 0. The van der Waals surface area contributed by atoms with Crippen LogP contribution in [-0.4, -0.2) is 25.6 Å². The molecule has 0 amide bonds. The van der Waals surface area contributed by atoms with Crippen LogP contribution in [0.5, 0.6) is 0 Å². The molecule has 3 heteroatoms. The van der Waals surface area contributed by atoms with Crippen molar-refractivity contribution in [1.82, 2.24) is 0 Å². The number of benzene rings is 1. The molecule has 0 heterocycles. The molecule has 0 aliphatic heterocycles. The molecule has 1 nitrogen and oxygen atoms in total. The van der Waals surface area contributed by atoms with Crippen LogP contribution < -0.4 is 9.41 Å². The molecule has 0 aromatic heterocycles. The van der Waals surface area contributed by atoms with Crippen LogP contribution in [-0.2, 0) is 6.54 Å². The fraction of sp³-hybridized carbons (Fsp3) is 0.400. The van der Waals surface area contributed by atoms with Gasteiger partial charge in [-0.2, -0.15) is 0 Å². The Bertz CT molecular complexity index is 221. The first kappa shape index (κ1) is 14.6. The van der Waals surface area contributed by atoms with E-state index >= 15 is 0 Å². The fourth-order valence-electron chi connectivity index (χ4n) is 1.13. The summed E-state index contributed by atoms with van der Waals surface area (Å²) in [5.74, 6) is 0. The summed E-state index contributed by atoms with van der Waals surface area (Å²) in [5.41, 5.74) is 1.40. The van der Waals surface area contributed by atoms with Crippen molar-refractivity contribution >= 4 is 0 Å². The van der Waals surface area contributed by atoms with Gasteiger partial charge in [-0.1, -0.05) is 30.3 Å². The SMILES string of the molecule is C[N+](C)(C)Cc1ccccc1.[F-].[F-].[H+]. The average Bonchev–Trinajstić information content (AvgIpc) is 1.85. The van der Waals surface area contributed by atoms with Gasteiger partial charge in [-0.25, -0.2) is 0 Å². The van der Waals surface area contributed by atoms with E-state index in [4.69, 9.17) is 0 Å². The predicted octanol–water partition coefficient (Wildman–Crippen LogP) is -3.99. The summed E-state index contributed by atoms with van der Waals surface area (Å²) < 4.78 is 0.990. The Morgan fingerprint density at radius 1 is 1.00 bits per heavy atom. The molecular weight excluding hydrogens is 172 g/mol. The lowest BCUT2D eigenvalue weighted by molar-refractivity contribution is -0.884. The van der Waals surface area contributed by atoms with E-state index in [-0.39, 0.29) is 10.8 Å². The molecule has 1 aromatic carbocycles. The molecule has 0 atom stereocenters. The van der Waals surface area contributed by atoms with E-state index in [0.717, 1.165) is 11.0 Å². The van der Waals surface area contributed by atoms with Crippen LogP contribution in [0.4, 0.5) is 0 Å². The van der Waals surface area contributed by atoms with Crippen molar-refractivity contribution in [3.8, 4) is 0 Å². The topological polar surface area (TPSA) is 0 Å².